The Kier molecular flexibility index (Phi) is 3.89. The molecule has 0 atom stereocenters. The maximum absolute atomic E-state index is 5.31. The molecule has 1 aromatic rings. The quantitative estimate of drug-likeness (QED) is 0.660. The van der Waals surface area contributed by atoms with Crippen LogP contribution in [0.3, 0.4) is 0 Å². The van der Waals surface area contributed by atoms with Gasteiger partial charge in [-0.1, -0.05) is 6.92 Å². The zero-order valence-corrected chi connectivity index (χ0v) is 7.99. The summed E-state index contributed by atoms with van der Waals surface area (Å²) < 4.78 is 10.3. The average molecular weight is 178 g/mol. The fourth-order valence-corrected chi connectivity index (χ4v) is 0.877. The number of hydrogen-bond donors (Lipinski definition) is 0. The molecule has 0 aliphatic heterocycles. The Labute approximate surface area is 78.8 Å². The highest BCUT2D eigenvalue weighted by Gasteiger charge is 1.91. The van der Waals surface area contributed by atoms with Crippen LogP contribution >= 0.6 is 0 Å². The van der Waals surface area contributed by atoms with Crippen molar-refractivity contribution >= 4 is 0 Å². The van der Waals surface area contributed by atoms with Gasteiger partial charge in [0.1, 0.15) is 11.5 Å². The second-order valence-electron chi connectivity index (χ2n) is 2.57. The summed E-state index contributed by atoms with van der Waals surface area (Å²) in [6.07, 6.45) is 4.64. The lowest BCUT2D eigenvalue weighted by Crippen LogP contribution is -1.84. The van der Waals surface area contributed by atoms with Crippen molar-refractivity contribution in [2.75, 3.05) is 7.11 Å². The summed E-state index contributed by atoms with van der Waals surface area (Å²) in [4.78, 5) is 0. The average Bonchev–Trinajstić information content (AvgIpc) is 2.19. The summed E-state index contributed by atoms with van der Waals surface area (Å²) in [5, 5.41) is 0. The van der Waals surface area contributed by atoms with E-state index in [9.17, 15) is 0 Å². The van der Waals surface area contributed by atoms with Crippen molar-refractivity contribution in [1.82, 2.24) is 0 Å². The molecule has 0 spiro atoms. The molecule has 0 fully saturated rings. The predicted octanol–water partition coefficient (Wildman–Crippen LogP) is 3.00. The van der Waals surface area contributed by atoms with Crippen LogP contribution in [0.25, 0.3) is 0 Å². The minimum Gasteiger partial charge on any atom is -0.497 e. The first-order valence-electron chi connectivity index (χ1n) is 4.32. The van der Waals surface area contributed by atoms with Crippen molar-refractivity contribution in [3.8, 4) is 11.5 Å². The highest BCUT2D eigenvalue weighted by molar-refractivity contribution is 5.31. The molecule has 0 unspecified atom stereocenters. The molecule has 13 heavy (non-hydrogen) atoms. The normalized spacial score (nSPS) is 10.3. The molecule has 0 aliphatic rings. The third-order valence-electron chi connectivity index (χ3n) is 1.60. The number of benzene rings is 1. The van der Waals surface area contributed by atoms with Gasteiger partial charge in [0.25, 0.3) is 0 Å². The molecule has 2 heteroatoms. The van der Waals surface area contributed by atoms with Gasteiger partial charge >= 0.3 is 0 Å². The van der Waals surface area contributed by atoms with Gasteiger partial charge in [0.2, 0.25) is 0 Å². The third kappa shape index (κ3) is 3.20. The lowest BCUT2D eigenvalue weighted by atomic mass is 10.3. The monoisotopic (exact) mass is 178 g/mol. The maximum atomic E-state index is 5.31. The van der Waals surface area contributed by atoms with E-state index in [1.165, 1.54) is 0 Å². The Hall–Kier alpha value is -1.44. The first-order valence-corrected chi connectivity index (χ1v) is 4.32. The van der Waals surface area contributed by atoms with Gasteiger partial charge in [-0.05, 0) is 36.8 Å². The van der Waals surface area contributed by atoms with E-state index < -0.39 is 0 Å². The SMILES string of the molecule is CC/C=C/Oc1ccc(OC)cc1. The summed E-state index contributed by atoms with van der Waals surface area (Å²) in [6, 6.07) is 7.49. The zero-order chi connectivity index (χ0) is 9.52. The van der Waals surface area contributed by atoms with Gasteiger partial charge in [0.15, 0.2) is 0 Å². The Morgan fingerprint density at radius 3 is 2.31 bits per heavy atom. The molecule has 0 aliphatic carbocycles. The first kappa shape index (κ1) is 9.65. The molecule has 2 nitrogen and oxygen atoms in total. The second kappa shape index (κ2) is 5.25. The van der Waals surface area contributed by atoms with E-state index in [-0.39, 0.29) is 0 Å². The number of rotatable bonds is 4. The molecule has 0 amide bonds. The molecule has 0 bridgehead atoms. The molecular formula is C11H14O2. The molecule has 0 radical (unpaired) electrons. The van der Waals surface area contributed by atoms with E-state index in [1.807, 2.05) is 30.3 Å². The standard InChI is InChI=1S/C11H14O2/c1-3-4-9-13-11-7-5-10(12-2)6-8-11/h4-9H,3H2,1-2H3/b9-4+. The molecule has 0 heterocycles. The number of hydrogen-bond acceptors (Lipinski definition) is 2. The van der Waals surface area contributed by atoms with Gasteiger partial charge in [-0.25, -0.2) is 0 Å². The Morgan fingerprint density at radius 1 is 1.15 bits per heavy atom. The molecule has 0 N–H and O–H groups in total. The van der Waals surface area contributed by atoms with Gasteiger partial charge in [0, 0.05) is 0 Å². The van der Waals surface area contributed by atoms with Crippen molar-refractivity contribution < 1.29 is 9.47 Å². The van der Waals surface area contributed by atoms with Gasteiger partial charge in [0.05, 0.1) is 13.4 Å². The van der Waals surface area contributed by atoms with Crippen molar-refractivity contribution in [2.24, 2.45) is 0 Å². The molecular weight excluding hydrogens is 164 g/mol. The molecule has 70 valence electrons. The summed E-state index contributed by atoms with van der Waals surface area (Å²) in [7, 11) is 1.65. The predicted molar refractivity (Wildman–Crippen MR) is 53.1 cm³/mol. The van der Waals surface area contributed by atoms with Crippen molar-refractivity contribution in [3.63, 3.8) is 0 Å². The van der Waals surface area contributed by atoms with E-state index in [1.54, 1.807) is 13.4 Å². The topological polar surface area (TPSA) is 18.5 Å². The van der Waals surface area contributed by atoms with Crippen molar-refractivity contribution in [1.29, 1.82) is 0 Å². The van der Waals surface area contributed by atoms with E-state index in [2.05, 4.69) is 6.92 Å². The minimum atomic E-state index is 0.825. The lowest BCUT2D eigenvalue weighted by molar-refractivity contribution is 0.412. The highest BCUT2D eigenvalue weighted by atomic mass is 16.5. The lowest BCUT2D eigenvalue weighted by Gasteiger charge is -2.01. The number of ether oxygens (including phenoxy) is 2. The fourth-order valence-electron chi connectivity index (χ4n) is 0.877. The van der Waals surface area contributed by atoms with Gasteiger partial charge in [-0.15, -0.1) is 0 Å². The summed E-state index contributed by atoms with van der Waals surface area (Å²) >= 11 is 0. The zero-order valence-electron chi connectivity index (χ0n) is 7.99. The van der Waals surface area contributed by atoms with Crippen LogP contribution < -0.4 is 9.47 Å². The first-order chi connectivity index (χ1) is 6.36. The summed E-state index contributed by atoms with van der Waals surface area (Å²) in [6.45, 7) is 2.06. The Morgan fingerprint density at radius 2 is 1.77 bits per heavy atom. The fraction of sp³-hybridized carbons (Fsp3) is 0.273. The Balaban J connectivity index is 2.54. The summed E-state index contributed by atoms with van der Waals surface area (Å²) in [5.74, 6) is 1.66. The molecule has 1 aromatic carbocycles. The number of methoxy groups -OCH3 is 1. The maximum Gasteiger partial charge on any atom is 0.126 e. The smallest absolute Gasteiger partial charge is 0.126 e. The highest BCUT2D eigenvalue weighted by Crippen LogP contribution is 2.16. The number of allylic oxidation sites excluding steroid dienone is 1. The van der Waals surface area contributed by atoms with Gasteiger partial charge < -0.3 is 9.47 Å². The molecule has 0 saturated carbocycles. The molecule has 0 aromatic heterocycles. The van der Waals surface area contributed by atoms with Crippen LogP contribution in [-0.2, 0) is 0 Å². The van der Waals surface area contributed by atoms with Crippen molar-refractivity contribution in [2.45, 2.75) is 13.3 Å². The van der Waals surface area contributed by atoms with Crippen LogP contribution in [-0.4, -0.2) is 7.11 Å². The van der Waals surface area contributed by atoms with E-state index in [4.69, 9.17) is 9.47 Å². The van der Waals surface area contributed by atoms with Crippen molar-refractivity contribution in [3.05, 3.63) is 36.6 Å². The second-order valence-corrected chi connectivity index (χ2v) is 2.57. The van der Waals surface area contributed by atoms with Gasteiger partial charge in [-0.3, -0.25) is 0 Å². The third-order valence-corrected chi connectivity index (χ3v) is 1.60. The van der Waals surface area contributed by atoms with Gasteiger partial charge in [-0.2, -0.15) is 0 Å². The van der Waals surface area contributed by atoms with Crippen LogP contribution in [0.2, 0.25) is 0 Å². The van der Waals surface area contributed by atoms with E-state index >= 15 is 0 Å². The van der Waals surface area contributed by atoms with Crippen LogP contribution in [0.1, 0.15) is 13.3 Å². The van der Waals surface area contributed by atoms with E-state index in [0.717, 1.165) is 17.9 Å². The Bertz CT molecular complexity index is 262. The van der Waals surface area contributed by atoms with Crippen LogP contribution in [0.15, 0.2) is 36.6 Å². The minimum absolute atomic E-state index is 0.825. The molecule has 1 rings (SSSR count). The summed E-state index contributed by atoms with van der Waals surface area (Å²) in [5.41, 5.74) is 0. The van der Waals surface area contributed by atoms with Crippen LogP contribution in [0.5, 0.6) is 11.5 Å². The molecule has 0 saturated heterocycles. The largest absolute Gasteiger partial charge is 0.497 e. The van der Waals surface area contributed by atoms with E-state index in [0.29, 0.717) is 0 Å². The van der Waals surface area contributed by atoms with Crippen LogP contribution in [0.4, 0.5) is 0 Å². The van der Waals surface area contributed by atoms with Crippen LogP contribution in [0, 0.1) is 0 Å².